The summed E-state index contributed by atoms with van der Waals surface area (Å²) in [4.78, 5) is 97.9. The molecular formula is C52H59ClN14O6. The molecule has 8 rings (SSSR count). The van der Waals surface area contributed by atoms with Gasteiger partial charge >= 0.3 is 12.1 Å². The van der Waals surface area contributed by atoms with E-state index in [2.05, 4.69) is 25.7 Å². The van der Waals surface area contributed by atoms with E-state index in [0.29, 0.717) is 51.6 Å². The van der Waals surface area contributed by atoms with E-state index in [1.165, 1.54) is 23.0 Å². The lowest BCUT2D eigenvalue weighted by molar-refractivity contribution is -0.156. The number of hydrogen-bond acceptors (Lipinski definition) is 12. The summed E-state index contributed by atoms with van der Waals surface area (Å²) in [5, 5.41) is 15.5. The van der Waals surface area contributed by atoms with Crippen molar-refractivity contribution in [1.82, 2.24) is 50.0 Å². The van der Waals surface area contributed by atoms with Crippen molar-refractivity contribution >= 4 is 70.6 Å². The van der Waals surface area contributed by atoms with Gasteiger partial charge in [-0.15, -0.1) is 0 Å². The van der Waals surface area contributed by atoms with Crippen molar-refractivity contribution in [2.75, 3.05) is 35.4 Å². The van der Waals surface area contributed by atoms with Crippen LogP contribution >= 0.6 is 11.6 Å². The summed E-state index contributed by atoms with van der Waals surface area (Å²) in [6.07, 6.45) is 6.10. The maximum Gasteiger partial charge on any atom is 0.325 e. The normalized spacial score (nSPS) is 18.1. The van der Waals surface area contributed by atoms with Gasteiger partial charge in [0.15, 0.2) is 11.6 Å². The van der Waals surface area contributed by atoms with Gasteiger partial charge in [0.05, 0.1) is 30.5 Å². The van der Waals surface area contributed by atoms with Crippen LogP contribution in [0.3, 0.4) is 0 Å². The number of β-lactam (4-membered cyclic amide) rings is 2. The van der Waals surface area contributed by atoms with Gasteiger partial charge < -0.3 is 22.1 Å². The first-order valence-corrected chi connectivity index (χ1v) is 24.4. The Labute approximate surface area is 427 Å². The van der Waals surface area contributed by atoms with Crippen LogP contribution in [0, 0.1) is 25.7 Å². The number of imide groups is 2. The number of halogens is 1. The Balaban J connectivity index is 1.01. The minimum atomic E-state index is -1.17. The van der Waals surface area contributed by atoms with Crippen LogP contribution in [0.5, 0.6) is 0 Å². The predicted octanol–water partition coefficient (Wildman–Crippen LogP) is 5.68. The SMILES string of the molecule is CC[C@@H](NC(=O)N1C(=O)[C@H](Cc2cc(C)nc(N)c2)[C@H]1C(=O)N(C)c1ccn(Cc2ccc(Cl)cc2[C@@H](CC)NC(=O)N2C(=O)[C@H](Cc3ccnc(N)c3)[C@H]2C(=O)N(C)c2ccn(C)n2)n1)c1ccc(C)cc1. The van der Waals surface area contributed by atoms with Crippen molar-refractivity contribution in [3.63, 3.8) is 0 Å². The quantitative estimate of drug-likeness (QED) is 0.0856. The van der Waals surface area contributed by atoms with E-state index in [0.717, 1.165) is 20.9 Å². The van der Waals surface area contributed by atoms with E-state index in [-0.39, 0.29) is 36.8 Å². The maximum absolute atomic E-state index is 14.6. The first-order chi connectivity index (χ1) is 34.8. The number of nitrogen functional groups attached to an aromatic ring is 2. The Kier molecular flexibility index (Phi) is 14.9. The third kappa shape index (κ3) is 10.7. The summed E-state index contributed by atoms with van der Waals surface area (Å²) in [5.74, 6) is -2.67. The van der Waals surface area contributed by atoms with Crippen LogP contribution in [0.1, 0.15) is 77.8 Å². The zero-order valence-electron chi connectivity index (χ0n) is 41.7. The van der Waals surface area contributed by atoms with Crippen LogP contribution in [0.4, 0.5) is 32.9 Å². The van der Waals surface area contributed by atoms with Gasteiger partial charge in [-0.2, -0.15) is 10.2 Å². The van der Waals surface area contributed by atoms with Gasteiger partial charge in [0.25, 0.3) is 11.8 Å². The number of nitrogens with one attached hydrogen (secondary N) is 2. The van der Waals surface area contributed by atoms with Gasteiger partial charge in [-0.05, 0) is 104 Å². The van der Waals surface area contributed by atoms with Crippen LogP contribution in [0.2, 0.25) is 5.02 Å². The molecule has 2 aliphatic rings. The smallest absolute Gasteiger partial charge is 0.325 e. The topological polar surface area (TPSA) is 253 Å². The number of carbonyl (C=O) groups excluding carboxylic acids is 6. The molecule has 21 heteroatoms. The third-order valence-electron chi connectivity index (χ3n) is 13.5. The standard InChI is InChI=1S/C52H59ClN14O6/c1-8-39(33-12-10-29(3)11-13-33)58-51(72)66-46(38(48(66)69)24-32-22-30(4)57-42(55)26-32)50(71)64(7)44-18-21-65(61-44)28-34-14-15-35(53)27-36(34)40(9-2)59-52(73)67-45(49(70)63(6)43-17-20-62(5)60-43)37(47(67)68)23-31-16-19-56-41(54)25-31/h10-22,25-27,37-40,45-46H,8-9,23-24,28H2,1-7H3,(H2,54,56)(H2,55,57)(H,58,72)(H,59,73)/t37-,38-,39-,40-,45+,46+/m1/s1. The molecular weight excluding hydrogens is 952 g/mol. The fraction of sp³-hybridized carbons (Fsp3) is 0.346. The maximum atomic E-state index is 14.6. The Bertz CT molecular complexity index is 3060. The number of carbonyl (C=O) groups is 6. The first-order valence-electron chi connectivity index (χ1n) is 24.0. The number of benzene rings is 2. The van der Waals surface area contributed by atoms with E-state index in [1.807, 2.05) is 45.0 Å². The summed E-state index contributed by atoms with van der Waals surface area (Å²) in [7, 11) is 4.80. The Hall–Kier alpha value is -8.13. The predicted molar refractivity (Wildman–Crippen MR) is 275 cm³/mol. The number of nitrogens with two attached hydrogens (primary N) is 2. The average molecular weight is 1010 g/mol. The van der Waals surface area contributed by atoms with Gasteiger partial charge in [-0.25, -0.2) is 19.6 Å². The number of amides is 8. The first kappa shape index (κ1) is 51.2. The van der Waals surface area contributed by atoms with Gasteiger partial charge in [0, 0.05) is 62.6 Å². The summed E-state index contributed by atoms with van der Waals surface area (Å²) >= 11 is 6.59. The molecule has 6 aromatic rings. The number of aromatic nitrogens is 6. The summed E-state index contributed by atoms with van der Waals surface area (Å²) in [5.41, 5.74) is 17.3. The molecule has 2 aromatic carbocycles. The lowest BCUT2D eigenvalue weighted by atomic mass is 9.81. The van der Waals surface area contributed by atoms with Crippen molar-refractivity contribution in [3.8, 4) is 0 Å². The van der Waals surface area contributed by atoms with Crippen LogP contribution in [0.15, 0.2) is 97.5 Å². The molecule has 2 aliphatic heterocycles. The highest BCUT2D eigenvalue weighted by atomic mass is 35.5. The lowest BCUT2D eigenvalue weighted by Gasteiger charge is -2.45. The van der Waals surface area contributed by atoms with Gasteiger partial charge in [-0.3, -0.25) is 48.1 Å². The van der Waals surface area contributed by atoms with Crippen LogP contribution in [-0.2, 0) is 45.6 Å². The monoisotopic (exact) mass is 1010 g/mol. The molecule has 6 N–H and O–H groups in total. The number of likely N-dealkylation sites (N-methyl/N-ethyl adjacent to an activating group) is 2. The molecule has 380 valence electrons. The zero-order valence-corrected chi connectivity index (χ0v) is 42.4. The molecule has 6 heterocycles. The molecule has 8 amide bonds. The number of aryl methyl sites for hydroxylation is 3. The van der Waals surface area contributed by atoms with Gasteiger partial charge in [0.2, 0.25) is 11.8 Å². The zero-order chi connectivity index (χ0) is 52.4. The molecule has 20 nitrogen and oxygen atoms in total. The molecule has 6 atom stereocenters. The Morgan fingerprint density at radius 3 is 1.86 bits per heavy atom. The second kappa shape index (κ2) is 21.3. The molecule has 73 heavy (non-hydrogen) atoms. The number of urea groups is 2. The number of rotatable bonds is 16. The van der Waals surface area contributed by atoms with Crippen LogP contribution in [0.25, 0.3) is 0 Å². The van der Waals surface area contributed by atoms with Gasteiger partial charge in [0.1, 0.15) is 23.7 Å². The number of likely N-dealkylation sites (tertiary alicyclic amines) is 2. The van der Waals surface area contributed by atoms with Crippen molar-refractivity contribution < 1.29 is 28.8 Å². The number of nitrogens with zero attached hydrogens (tertiary/aromatic N) is 10. The van der Waals surface area contributed by atoms with E-state index in [9.17, 15) is 28.8 Å². The van der Waals surface area contributed by atoms with Crippen molar-refractivity contribution in [1.29, 1.82) is 0 Å². The average Bonchev–Trinajstić information content (AvgIpc) is 4.02. The molecule has 4 aromatic heterocycles. The molecule has 0 unspecified atom stereocenters. The lowest BCUT2D eigenvalue weighted by Crippen LogP contribution is -2.70. The third-order valence-corrected chi connectivity index (χ3v) is 13.8. The number of pyridine rings is 2. The van der Waals surface area contributed by atoms with E-state index >= 15 is 0 Å². The van der Waals surface area contributed by atoms with Gasteiger partial charge in [-0.1, -0.05) is 61.3 Å². The van der Waals surface area contributed by atoms with Crippen LogP contribution in [-0.4, -0.2) is 101 Å². The molecule has 0 saturated carbocycles. The molecule has 0 spiro atoms. The second-order valence-electron chi connectivity index (χ2n) is 18.6. The highest BCUT2D eigenvalue weighted by Crippen LogP contribution is 2.36. The second-order valence-corrected chi connectivity index (χ2v) is 19.1. The summed E-state index contributed by atoms with van der Waals surface area (Å²) in [6.45, 7) is 7.71. The number of hydrogen-bond donors (Lipinski definition) is 4. The highest BCUT2D eigenvalue weighted by Gasteiger charge is 2.57. The molecule has 2 fully saturated rings. The molecule has 0 aliphatic carbocycles. The summed E-state index contributed by atoms with van der Waals surface area (Å²) in [6, 6.07) is 18.2. The molecule has 0 radical (unpaired) electrons. The van der Waals surface area contributed by atoms with Crippen LogP contribution < -0.4 is 31.9 Å². The Morgan fingerprint density at radius 2 is 1.29 bits per heavy atom. The molecule has 2 saturated heterocycles. The minimum Gasteiger partial charge on any atom is -0.384 e. The number of anilines is 4. The highest BCUT2D eigenvalue weighted by molar-refractivity contribution is 6.30. The largest absolute Gasteiger partial charge is 0.384 e. The Morgan fingerprint density at radius 1 is 0.712 bits per heavy atom. The van der Waals surface area contributed by atoms with Crippen molar-refractivity contribution in [2.24, 2.45) is 18.9 Å². The summed E-state index contributed by atoms with van der Waals surface area (Å²) < 4.78 is 3.16. The van der Waals surface area contributed by atoms with Crippen molar-refractivity contribution in [3.05, 3.63) is 142 Å². The van der Waals surface area contributed by atoms with E-state index < -0.39 is 71.7 Å². The fourth-order valence-corrected chi connectivity index (χ4v) is 9.80. The van der Waals surface area contributed by atoms with E-state index in [1.54, 1.807) is 97.4 Å². The molecule has 0 bridgehead atoms. The fourth-order valence-electron chi connectivity index (χ4n) is 9.62. The van der Waals surface area contributed by atoms with Crippen molar-refractivity contribution in [2.45, 2.75) is 84.1 Å². The van der Waals surface area contributed by atoms with E-state index in [4.69, 9.17) is 28.2 Å². The minimum absolute atomic E-state index is 0.144.